The smallest absolute Gasteiger partial charge is 0.163 e. The van der Waals surface area contributed by atoms with Crippen molar-refractivity contribution in [1.29, 1.82) is 0 Å². The maximum atomic E-state index is 11.8. The average molecular weight is 280 g/mol. The first kappa shape index (κ1) is 16.8. The molecule has 1 atom stereocenters. The van der Waals surface area contributed by atoms with Crippen molar-refractivity contribution in [3.8, 4) is 12.0 Å². The van der Waals surface area contributed by atoms with E-state index >= 15 is 0 Å². The van der Waals surface area contributed by atoms with E-state index in [0.717, 1.165) is 45.2 Å². The number of carbonyl (C=O) groups excluding carboxylic acids is 1. The van der Waals surface area contributed by atoms with Crippen LogP contribution in [0, 0.1) is 17.9 Å². The zero-order chi connectivity index (χ0) is 15.0. The van der Waals surface area contributed by atoms with Crippen LogP contribution in [0.5, 0.6) is 0 Å². The van der Waals surface area contributed by atoms with Crippen LogP contribution in [0.4, 0.5) is 0 Å². The van der Waals surface area contributed by atoms with E-state index in [-0.39, 0.29) is 5.92 Å². The van der Waals surface area contributed by atoms with Crippen LogP contribution in [-0.4, -0.2) is 36.6 Å². The van der Waals surface area contributed by atoms with Crippen molar-refractivity contribution in [2.45, 2.75) is 58.0 Å². The van der Waals surface area contributed by atoms with E-state index in [9.17, 15) is 9.90 Å². The van der Waals surface area contributed by atoms with Gasteiger partial charge < -0.3 is 19.5 Å². The highest BCUT2D eigenvalue weighted by atomic mass is 16.5. The molecule has 0 radical (unpaired) electrons. The standard InChI is InChI=1S/C16H27NO3/c1-4-6-7-10-16(15(18)19,20-13-5-2)14-8-11-17(3)12-9-14/h14H,4,6-12H2,1-3H3,(H,18,19)/p-1. The maximum absolute atomic E-state index is 11.8. The lowest BCUT2D eigenvalue weighted by Crippen LogP contribution is -2.56. The topological polar surface area (TPSA) is 52.6 Å². The minimum atomic E-state index is -1.24. The van der Waals surface area contributed by atoms with Gasteiger partial charge in [0.15, 0.2) is 5.60 Å². The highest BCUT2D eigenvalue weighted by Gasteiger charge is 2.43. The van der Waals surface area contributed by atoms with Gasteiger partial charge in [-0.3, -0.25) is 0 Å². The van der Waals surface area contributed by atoms with Gasteiger partial charge in [0.2, 0.25) is 0 Å². The van der Waals surface area contributed by atoms with Gasteiger partial charge in [0, 0.05) is 12.8 Å². The van der Waals surface area contributed by atoms with Crippen molar-refractivity contribution in [2.24, 2.45) is 5.92 Å². The Balaban J connectivity index is 2.88. The quantitative estimate of drug-likeness (QED) is 0.522. The van der Waals surface area contributed by atoms with E-state index in [0.29, 0.717) is 6.42 Å². The van der Waals surface area contributed by atoms with Gasteiger partial charge in [-0.1, -0.05) is 25.7 Å². The van der Waals surface area contributed by atoms with Crippen molar-refractivity contribution in [3.05, 3.63) is 0 Å². The highest BCUT2D eigenvalue weighted by molar-refractivity contribution is 5.76. The molecule has 0 amide bonds. The van der Waals surface area contributed by atoms with Gasteiger partial charge >= 0.3 is 0 Å². The molecule has 20 heavy (non-hydrogen) atoms. The predicted molar refractivity (Wildman–Crippen MR) is 76.6 cm³/mol. The van der Waals surface area contributed by atoms with Crippen molar-refractivity contribution < 1.29 is 14.6 Å². The van der Waals surface area contributed by atoms with Crippen molar-refractivity contribution in [1.82, 2.24) is 4.90 Å². The second-order valence-corrected chi connectivity index (χ2v) is 5.67. The van der Waals surface area contributed by atoms with E-state index < -0.39 is 11.6 Å². The van der Waals surface area contributed by atoms with Gasteiger partial charge in [-0.05, 0) is 45.8 Å². The summed E-state index contributed by atoms with van der Waals surface area (Å²) < 4.78 is 5.52. The van der Waals surface area contributed by atoms with Crippen LogP contribution in [0.3, 0.4) is 0 Å². The van der Waals surface area contributed by atoms with Crippen LogP contribution in [0.1, 0.15) is 52.4 Å². The summed E-state index contributed by atoms with van der Waals surface area (Å²) in [4.78, 5) is 14.0. The summed E-state index contributed by atoms with van der Waals surface area (Å²) in [6.07, 6.45) is 7.55. The summed E-state index contributed by atoms with van der Waals surface area (Å²) in [6.45, 7) is 5.55. The second-order valence-electron chi connectivity index (χ2n) is 5.67. The Morgan fingerprint density at radius 3 is 2.55 bits per heavy atom. The first-order valence-electron chi connectivity index (χ1n) is 7.56. The fourth-order valence-electron chi connectivity index (χ4n) is 2.90. The molecule has 1 aliphatic rings. The third-order valence-corrected chi connectivity index (χ3v) is 4.21. The molecule has 0 aromatic rings. The molecular formula is C16H26NO3-. The number of carboxylic acid groups (broad SMARTS) is 1. The van der Waals surface area contributed by atoms with Crippen LogP contribution < -0.4 is 5.11 Å². The minimum Gasteiger partial charge on any atom is -0.546 e. The summed E-state index contributed by atoms with van der Waals surface area (Å²) in [5.74, 6) is 1.52. The fraction of sp³-hybridized carbons (Fsp3) is 0.812. The number of carbonyl (C=O) groups is 1. The number of carboxylic acids is 1. The zero-order valence-electron chi connectivity index (χ0n) is 12.9. The first-order chi connectivity index (χ1) is 9.56. The monoisotopic (exact) mass is 280 g/mol. The molecule has 1 aliphatic heterocycles. The Labute approximate surface area is 122 Å². The molecule has 1 unspecified atom stereocenters. The summed E-state index contributed by atoms with van der Waals surface area (Å²) in [6, 6.07) is 0. The maximum Gasteiger partial charge on any atom is 0.163 e. The number of aliphatic carboxylic acids is 1. The van der Waals surface area contributed by atoms with E-state index in [1.807, 2.05) is 0 Å². The number of ether oxygens (including phenoxy) is 1. The number of piperidine rings is 1. The number of nitrogens with zero attached hydrogens (tertiary/aromatic N) is 1. The van der Waals surface area contributed by atoms with Gasteiger partial charge in [0.1, 0.15) is 6.11 Å². The molecule has 4 nitrogen and oxygen atoms in total. The van der Waals surface area contributed by atoms with Crippen LogP contribution in [0.25, 0.3) is 0 Å². The van der Waals surface area contributed by atoms with Crippen molar-refractivity contribution >= 4 is 5.97 Å². The summed E-state index contributed by atoms with van der Waals surface area (Å²) in [7, 11) is 2.06. The Morgan fingerprint density at radius 2 is 2.05 bits per heavy atom. The Kier molecular flexibility index (Phi) is 6.87. The van der Waals surface area contributed by atoms with Gasteiger partial charge in [0.05, 0.1) is 5.97 Å². The Bertz CT molecular complexity index is 364. The zero-order valence-corrected chi connectivity index (χ0v) is 12.9. The summed E-state index contributed by atoms with van der Waals surface area (Å²) >= 11 is 0. The van der Waals surface area contributed by atoms with Crippen LogP contribution in [-0.2, 0) is 9.53 Å². The number of unbranched alkanes of at least 4 members (excludes halogenated alkanes) is 2. The molecule has 1 saturated heterocycles. The highest BCUT2D eigenvalue weighted by Crippen LogP contribution is 2.35. The molecule has 1 fully saturated rings. The second kappa shape index (κ2) is 8.16. The molecule has 114 valence electrons. The normalized spacial score (nSPS) is 19.8. The summed E-state index contributed by atoms with van der Waals surface area (Å²) in [5, 5.41) is 11.8. The van der Waals surface area contributed by atoms with Gasteiger partial charge in [-0.25, -0.2) is 0 Å². The van der Waals surface area contributed by atoms with Gasteiger partial charge in [-0.15, -0.1) is 0 Å². The average Bonchev–Trinajstić information content (AvgIpc) is 2.43. The molecule has 0 aromatic carbocycles. The molecule has 0 saturated carbocycles. The van der Waals surface area contributed by atoms with E-state index in [1.54, 1.807) is 6.92 Å². The SMILES string of the molecule is CC#COC(CCCCC)(C(=O)[O-])C1CCN(C)CC1. The molecule has 0 N–H and O–H groups in total. The van der Waals surface area contributed by atoms with Gasteiger partial charge in [-0.2, -0.15) is 0 Å². The number of hydrogen-bond acceptors (Lipinski definition) is 4. The van der Waals surface area contributed by atoms with E-state index in [4.69, 9.17) is 4.74 Å². The number of likely N-dealkylation sites (tertiary alicyclic amines) is 1. The molecule has 0 spiro atoms. The fourth-order valence-corrected chi connectivity index (χ4v) is 2.90. The number of hydrogen-bond donors (Lipinski definition) is 0. The molecule has 0 aromatic heterocycles. The predicted octanol–water partition coefficient (Wildman–Crippen LogP) is 1.39. The molecule has 0 aliphatic carbocycles. The van der Waals surface area contributed by atoms with E-state index in [1.165, 1.54) is 0 Å². The molecule has 1 heterocycles. The lowest BCUT2D eigenvalue weighted by molar-refractivity contribution is -0.329. The Morgan fingerprint density at radius 1 is 1.40 bits per heavy atom. The van der Waals surface area contributed by atoms with Crippen molar-refractivity contribution in [3.63, 3.8) is 0 Å². The van der Waals surface area contributed by atoms with Crippen LogP contribution in [0.2, 0.25) is 0 Å². The van der Waals surface area contributed by atoms with Crippen LogP contribution in [0.15, 0.2) is 0 Å². The van der Waals surface area contributed by atoms with E-state index in [2.05, 4.69) is 30.9 Å². The van der Waals surface area contributed by atoms with Crippen LogP contribution >= 0.6 is 0 Å². The summed E-state index contributed by atoms with van der Waals surface area (Å²) in [5.41, 5.74) is -1.24. The molecule has 1 rings (SSSR count). The largest absolute Gasteiger partial charge is 0.546 e. The molecule has 4 heteroatoms. The van der Waals surface area contributed by atoms with Gasteiger partial charge in [0.25, 0.3) is 0 Å². The van der Waals surface area contributed by atoms with Crippen molar-refractivity contribution in [2.75, 3.05) is 20.1 Å². The first-order valence-corrected chi connectivity index (χ1v) is 7.56. The lowest BCUT2D eigenvalue weighted by atomic mass is 9.77. The molecular weight excluding hydrogens is 254 g/mol. The lowest BCUT2D eigenvalue weighted by Gasteiger charge is -2.43. The molecule has 0 bridgehead atoms. The minimum absolute atomic E-state index is 0.0126. The third-order valence-electron chi connectivity index (χ3n) is 4.21. The Hall–Kier alpha value is -1.21. The third kappa shape index (κ3) is 4.14. The number of rotatable bonds is 7.